The third-order valence-corrected chi connectivity index (χ3v) is 2.77. The summed E-state index contributed by atoms with van der Waals surface area (Å²) < 4.78 is 0. The van der Waals surface area contributed by atoms with E-state index in [4.69, 9.17) is 5.73 Å². The number of H-pyrrole nitrogens is 1. The SMILES string of the molecule is Nc1cccc(-c2ccc3[nH]ccc3c2)c1. The molecule has 3 aromatic rings. The van der Waals surface area contributed by atoms with Crippen LogP contribution >= 0.6 is 0 Å². The number of anilines is 1. The van der Waals surface area contributed by atoms with Crippen molar-refractivity contribution < 1.29 is 0 Å². The van der Waals surface area contributed by atoms with E-state index >= 15 is 0 Å². The summed E-state index contributed by atoms with van der Waals surface area (Å²) in [6.07, 6.45) is 1.95. The zero-order valence-corrected chi connectivity index (χ0v) is 8.77. The lowest BCUT2D eigenvalue weighted by atomic mass is 10.0. The second-order valence-electron chi connectivity index (χ2n) is 3.91. The highest BCUT2D eigenvalue weighted by Crippen LogP contribution is 2.25. The van der Waals surface area contributed by atoms with Crippen LogP contribution in [0.1, 0.15) is 0 Å². The van der Waals surface area contributed by atoms with Gasteiger partial charge in [-0.05, 0) is 46.8 Å². The Bertz CT molecular complexity index is 638. The molecule has 1 heterocycles. The molecule has 0 bridgehead atoms. The van der Waals surface area contributed by atoms with Crippen LogP contribution in [0.5, 0.6) is 0 Å². The van der Waals surface area contributed by atoms with E-state index in [1.807, 2.05) is 24.4 Å². The summed E-state index contributed by atoms with van der Waals surface area (Å²) >= 11 is 0. The van der Waals surface area contributed by atoms with E-state index < -0.39 is 0 Å². The smallest absolute Gasteiger partial charge is 0.0454 e. The summed E-state index contributed by atoms with van der Waals surface area (Å²) in [7, 11) is 0. The van der Waals surface area contributed by atoms with Crippen LogP contribution in [0.2, 0.25) is 0 Å². The molecule has 0 aliphatic heterocycles. The van der Waals surface area contributed by atoms with Crippen LogP contribution in [0.4, 0.5) is 5.69 Å². The Labute approximate surface area is 93.7 Å². The fourth-order valence-corrected chi connectivity index (χ4v) is 1.95. The number of fused-ring (bicyclic) bond motifs is 1. The van der Waals surface area contributed by atoms with Crippen LogP contribution in [0.3, 0.4) is 0 Å². The molecule has 2 aromatic carbocycles. The lowest BCUT2D eigenvalue weighted by molar-refractivity contribution is 1.48. The van der Waals surface area contributed by atoms with E-state index in [-0.39, 0.29) is 0 Å². The molecule has 3 rings (SSSR count). The van der Waals surface area contributed by atoms with Gasteiger partial charge in [0.1, 0.15) is 0 Å². The highest BCUT2D eigenvalue weighted by Gasteiger charge is 2.00. The van der Waals surface area contributed by atoms with Crippen molar-refractivity contribution in [3.63, 3.8) is 0 Å². The number of hydrogen-bond donors (Lipinski definition) is 2. The summed E-state index contributed by atoms with van der Waals surface area (Å²) in [6.45, 7) is 0. The lowest BCUT2D eigenvalue weighted by Crippen LogP contribution is -1.84. The molecule has 0 saturated carbocycles. The quantitative estimate of drug-likeness (QED) is 0.591. The van der Waals surface area contributed by atoms with Gasteiger partial charge in [0.25, 0.3) is 0 Å². The summed E-state index contributed by atoms with van der Waals surface area (Å²) in [6, 6.07) is 16.4. The molecule has 0 spiro atoms. The number of rotatable bonds is 1. The molecule has 78 valence electrons. The Morgan fingerprint density at radius 3 is 2.62 bits per heavy atom. The first kappa shape index (κ1) is 9.04. The zero-order chi connectivity index (χ0) is 11.0. The fourth-order valence-electron chi connectivity index (χ4n) is 1.95. The molecular formula is C14H12N2. The van der Waals surface area contributed by atoms with E-state index in [0.29, 0.717) is 0 Å². The molecule has 3 N–H and O–H groups in total. The molecule has 0 unspecified atom stereocenters. The monoisotopic (exact) mass is 208 g/mol. The Morgan fingerprint density at radius 1 is 0.875 bits per heavy atom. The number of nitrogen functional groups attached to an aromatic ring is 1. The number of benzene rings is 2. The maximum absolute atomic E-state index is 5.78. The molecule has 0 aliphatic rings. The largest absolute Gasteiger partial charge is 0.399 e. The van der Waals surface area contributed by atoms with E-state index in [0.717, 1.165) is 16.8 Å². The molecule has 0 radical (unpaired) electrons. The van der Waals surface area contributed by atoms with Gasteiger partial charge in [0, 0.05) is 17.4 Å². The van der Waals surface area contributed by atoms with Crippen molar-refractivity contribution >= 4 is 16.6 Å². The van der Waals surface area contributed by atoms with Crippen LogP contribution in [-0.4, -0.2) is 4.98 Å². The lowest BCUT2D eigenvalue weighted by Gasteiger charge is -2.03. The van der Waals surface area contributed by atoms with Crippen molar-refractivity contribution in [2.75, 3.05) is 5.73 Å². The normalized spacial score (nSPS) is 10.8. The minimum absolute atomic E-state index is 0.798. The minimum atomic E-state index is 0.798. The van der Waals surface area contributed by atoms with Crippen molar-refractivity contribution in [1.82, 2.24) is 4.98 Å². The van der Waals surface area contributed by atoms with Crippen LogP contribution in [-0.2, 0) is 0 Å². The van der Waals surface area contributed by atoms with Crippen LogP contribution in [0.15, 0.2) is 54.7 Å². The Balaban J connectivity index is 2.18. The highest BCUT2D eigenvalue weighted by atomic mass is 14.7. The molecule has 2 nitrogen and oxygen atoms in total. The van der Waals surface area contributed by atoms with Gasteiger partial charge >= 0.3 is 0 Å². The Morgan fingerprint density at radius 2 is 1.75 bits per heavy atom. The topological polar surface area (TPSA) is 41.8 Å². The average molecular weight is 208 g/mol. The summed E-state index contributed by atoms with van der Waals surface area (Å²) in [4.78, 5) is 3.18. The Kier molecular flexibility index (Phi) is 1.93. The number of hydrogen-bond acceptors (Lipinski definition) is 1. The van der Waals surface area contributed by atoms with E-state index in [9.17, 15) is 0 Å². The molecule has 0 saturated heterocycles. The third kappa shape index (κ3) is 1.44. The van der Waals surface area contributed by atoms with Crippen LogP contribution in [0, 0.1) is 0 Å². The number of aromatic amines is 1. The highest BCUT2D eigenvalue weighted by molar-refractivity contribution is 5.85. The molecular weight excluding hydrogens is 196 g/mol. The number of nitrogens with one attached hydrogen (secondary N) is 1. The maximum atomic E-state index is 5.78. The van der Waals surface area contributed by atoms with Crippen molar-refractivity contribution in [3.05, 3.63) is 54.7 Å². The van der Waals surface area contributed by atoms with Gasteiger partial charge in [-0.25, -0.2) is 0 Å². The summed E-state index contributed by atoms with van der Waals surface area (Å²) in [5, 5.41) is 1.22. The molecule has 0 aliphatic carbocycles. The van der Waals surface area contributed by atoms with E-state index in [1.54, 1.807) is 0 Å². The van der Waals surface area contributed by atoms with Crippen LogP contribution < -0.4 is 5.73 Å². The average Bonchev–Trinajstić information content (AvgIpc) is 2.75. The second kappa shape index (κ2) is 3.42. The predicted octanol–water partition coefficient (Wildman–Crippen LogP) is 3.42. The summed E-state index contributed by atoms with van der Waals surface area (Å²) in [5.41, 5.74) is 10.1. The van der Waals surface area contributed by atoms with Gasteiger partial charge in [0.05, 0.1) is 0 Å². The first-order valence-electron chi connectivity index (χ1n) is 5.26. The fraction of sp³-hybridized carbons (Fsp3) is 0. The molecule has 16 heavy (non-hydrogen) atoms. The molecule has 1 aromatic heterocycles. The zero-order valence-electron chi connectivity index (χ0n) is 8.77. The van der Waals surface area contributed by atoms with Gasteiger partial charge in [-0.15, -0.1) is 0 Å². The molecule has 0 atom stereocenters. The molecule has 2 heteroatoms. The van der Waals surface area contributed by atoms with Crippen molar-refractivity contribution in [2.45, 2.75) is 0 Å². The van der Waals surface area contributed by atoms with Crippen LogP contribution in [0.25, 0.3) is 22.0 Å². The second-order valence-corrected chi connectivity index (χ2v) is 3.91. The first-order chi connectivity index (χ1) is 7.83. The number of nitrogens with two attached hydrogens (primary N) is 1. The summed E-state index contributed by atoms with van der Waals surface area (Å²) in [5.74, 6) is 0. The standard InChI is InChI=1S/C14H12N2/c15-13-3-1-2-10(9-13)11-4-5-14-12(8-11)6-7-16-14/h1-9,16H,15H2. The van der Waals surface area contributed by atoms with Gasteiger partial charge in [-0.2, -0.15) is 0 Å². The Hall–Kier alpha value is -2.22. The molecule has 0 amide bonds. The van der Waals surface area contributed by atoms with Gasteiger partial charge < -0.3 is 10.7 Å². The van der Waals surface area contributed by atoms with Gasteiger partial charge in [0.2, 0.25) is 0 Å². The van der Waals surface area contributed by atoms with E-state index in [2.05, 4.69) is 35.3 Å². The van der Waals surface area contributed by atoms with Crippen molar-refractivity contribution in [2.24, 2.45) is 0 Å². The predicted molar refractivity (Wildman–Crippen MR) is 68.1 cm³/mol. The first-order valence-corrected chi connectivity index (χ1v) is 5.26. The maximum Gasteiger partial charge on any atom is 0.0454 e. The number of aromatic nitrogens is 1. The van der Waals surface area contributed by atoms with Crippen molar-refractivity contribution in [1.29, 1.82) is 0 Å². The molecule has 0 fully saturated rings. The van der Waals surface area contributed by atoms with Crippen molar-refractivity contribution in [3.8, 4) is 11.1 Å². The third-order valence-electron chi connectivity index (χ3n) is 2.77. The van der Waals surface area contributed by atoms with E-state index in [1.165, 1.54) is 10.9 Å². The minimum Gasteiger partial charge on any atom is -0.399 e. The van der Waals surface area contributed by atoms with Gasteiger partial charge in [-0.3, -0.25) is 0 Å². The van der Waals surface area contributed by atoms with Gasteiger partial charge in [-0.1, -0.05) is 18.2 Å². The van der Waals surface area contributed by atoms with Gasteiger partial charge in [0.15, 0.2) is 0 Å².